The molecule has 13 heteroatoms. The van der Waals surface area contributed by atoms with Gasteiger partial charge in [0.05, 0.1) is 6.42 Å². The summed E-state index contributed by atoms with van der Waals surface area (Å²) in [5.74, 6) is -3.21. The topological polar surface area (TPSA) is 139 Å². The summed E-state index contributed by atoms with van der Waals surface area (Å²) in [7, 11) is 0. The maximum atomic E-state index is 12.5. The zero-order valence-corrected chi connectivity index (χ0v) is 15.7. The zero-order chi connectivity index (χ0) is 18.6. The number of nitrogens with one attached hydrogen (secondary N) is 1. The van der Waals surface area contributed by atoms with Crippen molar-refractivity contribution in [2.45, 2.75) is 50.8 Å². The molecule has 0 bridgehead atoms. The zero-order valence-electron chi connectivity index (χ0n) is 13.7. The average molecular weight is 412 g/mol. The van der Waals surface area contributed by atoms with Crippen molar-refractivity contribution < 1.29 is 42.5 Å². The molecule has 1 aliphatic rings. The van der Waals surface area contributed by atoms with E-state index in [0.29, 0.717) is 0 Å². The van der Waals surface area contributed by atoms with Gasteiger partial charge in [0.15, 0.2) is 5.78 Å². The van der Waals surface area contributed by atoms with E-state index < -0.39 is 54.2 Å². The number of rotatable bonds is 4. The molecule has 1 heterocycles. The fourth-order valence-electron chi connectivity index (χ4n) is 1.59. The van der Waals surface area contributed by atoms with Crippen LogP contribution >= 0.6 is 27.0 Å². The molecule has 0 aromatic carbocycles. The van der Waals surface area contributed by atoms with Gasteiger partial charge in [-0.2, -0.15) is 40.2 Å². The molecule has 0 unspecified atom stereocenters. The van der Waals surface area contributed by atoms with E-state index in [9.17, 15) is 27.6 Å². The smallest absolute Gasteiger partial charge is 0.427 e. The number of carbonyl (C=O) groups excluding carboxylic acids is 2. The van der Waals surface area contributed by atoms with Gasteiger partial charge in [0, 0.05) is 6.54 Å². The molecule has 150 valence electrons. The molecule has 1 aliphatic heterocycles. The highest BCUT2D eigenvalue weighted by atomic mass is 32.1. The van der Waals surface area contributed by atoms with Gasteiger partial charge in [-0.1, -0.05) is 0 Å². The predicted octanol–water partition coefficient (Wildman–Crippen LogP) is -0.235. The van der Waals surface area contributed by atoms with Crippen LogP contribution in [0.15, 0.2) is 0 Å². The van der Waals surface area contributed by atoms with E-state index in [0.717, 1.165) is 6.92 Å². The standard InChI is InChI=1S/C7H11F3N2O2.C5H8O4.2H2S/c1-5(2)12-3-6(14-5,4(11)13)7(8,9)10;1-3(6)4(7)2-5(8)9;;/h12H,3H2,1-2H3,(H2,11,13);4,7H,2H2,1H3,(H,8,9);2*1H2/t6-;4-;;/m00../s1. The Morgan fingerprint density at radius 3 is 1.84 bits per heavy atom. The van der Waals surface area contributed by atoms with Crippen molar-refractivity contribution in [2.24, 2.45) is 5.73 Å². The molecule has 0 aliphatic carbocycles. The second-order valence-corrected chi connectivity index (χ2v) is 5.38. The third kappa shape index (κ3) is 8.27. The van der Waals surface area contributed by atoms with Gasteiger partial charge in [-0.15, -0.1) is 0 Å². The monoisotopic (exact) mass is 412 g/mol. The minimum Gasteiger partial charge on any atom is -0.481 e. The number of Topliss-reactive ketones (excluding diaryl/α,β-unsaturated/α-hetero) is 1. The molecule has 25 heavy (non-hydrogen) atoms. The third-order valence-corrected chi connectivity index (χ3v) is 2.89. The molecular formula is C12H23F3N2O6S2. The van der Waals surface area contributed by atoms with Crippen LogP contribution in [0.2, 0.25) is 0 Å². The summed E-state index contributed by atoms with van der Waals surface area (Å²) in [6, 6.07) is 0. The normalized spacial score (nSPS) is 22.4. The van der Waals surface area contributed by atoms with Gasteiger partial charge in [-0.3, -0.25) is 19.7 Å². The number of primary amides is 1. The van der Waals surface area contributed by atoms with Crippen molar-refractivity contribution in [1.82, 2.24) is 5.32 Å². The Balaban J connectivity index is -0.000000390. The summed E-state index contributed by atoms with van der Waals surface area (Å²) in [5.41, 5.74) is 0.606. The number of nitrogens with two attached hydrogens (primary N) is 1. The van der Waals surface area contributed by atoms with Crippen LogP contribution in [0, 0.1) is 0 Å². The van der Waals surface area contributed by atoms with Crippen LogP contribution in [0.5, 0.6) is 0 Å². The molecule has 0 aromatic heterocycles. The van der Waals surface area contributed by atoms with Gasteiger partial charge >= 0.3 is 12.1 Å². The lowest BCUT2D eigenvalue weighted by Gasteiger charge is -2.29. The van der Waals surface area contributed by atoms with Crippen LogP contribution in [0.25, 0.3) is 0 Å². The number of hydrogen-bond donors (Lipinski definition) is 4. The number of carbonyl (C=O) groups is 3. The van der Waals surface area contributed by atoms with Crippen molar-refractivity contribution in [3.05, 3.63) is 0 Å². The van der Waals surface area contributed by atoms with E-state index in [-0.39, 0.29) is 27.0 Å². The lowest BCUT2D eigenvalue weighted by molar-refractivity contribution is -0.266. The van der Waals surface area contributed by atoms with Gasteiger partial charge < -0.3 is 20.7 Å². The van der Waals surface area contributed by atoms with Crippen molar-refractivity contribution in [3.8, 4) is 0 Å². The second kappa shape index (κ2) is 10.2. The molecule has 0 spiro atoms. The van der Waals surface area contributed by atoms with E-state index in [1.165, 1.54) is 13.8 Å². The van der Waals surface area contributed by atoms with Crippen LogP contribution in [0.4, 0.5) is 13.2 Å². The quantitative estimate of drug-likeness (QED) is 0.500. The first kappa shape index (κ1) is 28.8. The van der Waals surface area contributed by atoms with Crippen LogP contribution in [0.1, 0.15) is 27.2 Å². The van der Waals surface area contributed by atoms with Crippen LogP contribution in [-0.4, -0.2) is 58.0 Å². The average Bonchev–Trinajstić information content (AvgIpc) is 2.66. The van der Waals surface area contributed by atoms with Gasteiger partial charge in [0.1, 0.15) is 11.8 Å². The molecule has 0 aromatic rings. The third-order valence-electron chi connectivity index (χ3n) is 2.89. The molecule has 2 atom stereocenters. The van der Waals surface area contributed by atoms with Gasteiger partial charge in [0.25, 0.3) is 11.5 Å². The number of aliphatic hydroxyl groups is 1. The number of aliphatic carboxylic acids is 1. The molecule has 1 saturated heterocycles. The van der Waals surface area contributed by atoms with E-state index in [4.69, 9.17) is 15.9 Å². The van der Waals surface area contributed by atoms with E-state index in [1.54, 1.807) is 0 Å². The van der Waals surface area contributed by atoms with Crippen molar-refractivity contribution in [1.29, 1.82) is 0 Å². The minimum atomic E-state index is -4.81. The van der Waals surface area contributed by atoms with Gasteiger partial charge in [-0.05, 0) is 20.8 Å². The van der Waals surface area contributed by atoms with Crippen molar-refractivity contribution >= 4 is 44.7 Å². The lowest BCUT2D eigenvalue weighted by Crippen LogP contribution is -2.58. The number of ketones is 1. The van der Waals surface area contributed by atoms with Gasteiger partial charge in [0.2, 0.25) is 0 Å². The second-order valence-electron chi connectivity index (χ2n) is 5.38. The highest BCUT2D eigenvalue weighted by Gasteiger charge is 2.66. The molecule has 1 fully saturated rings. The lowest BCUT2D eigenvalue weighted by atomic mass is 10.0. The van der Waals surface area contributed by atoms with Crippen molar-refractivity contribution in [3.63, 3.8) is 0 Å². The Bertz CT molecular complexity index is 490. The Labute approximate surface area is 156 Å². The number of amides is 1. The van der Waals surface area contributed by atoms with Crippen LogP contribution < -0.4 is 11.1 Å². The number of aliphatic hydroxyl groups excluding tert-OH is 1. The summed E-state index contributed by atoms with van der Waals surface area (Å²) in [5, 5.41) is 19.0. The molecule has 1 amide bonds. The maximum absolute atomic E-state index is 12.5. The number of halogens is 3. The van der Waals surface area contributed by atoms with E-state index in [1.807, 2.05) is 0 Å². The highest BCUT2D eigenvalue weighted by Crippen LogP contribution is 2.39. The number of ether oxygens (including phenoxy) is 1. The van der Waals surface area contributed by atoms with Crippen molar-refractivity contribution in [2.75, 3.05) is 6.54 Å². The number of carboxylic acids is 1. The predicted molar refractivity (Wildman–Crippen MR) is 90.8 cm³/mol. The first-order chi connectivity index (χ1) is 10.1. The Kier molecular flexibility index (Phi) is 11.7. The number of hydrogen-bond acceptors (Lipinski definition) is 6. The van der Waals surface area contributed by atoms with E-state index >= 15 is 0 Å². The Morgan fingerprint density at radius 2 is 1.72 bits per heavy atom. The summed E-state index contributed by atoms with van der Waals surface area (Å²) in [4.78, 5) is 30.8. The molecular weight excluding hydrogens is 389 g/mol. The maximum Gasteiger partial charge on any atom is 0.427 e. The van der Waals surface area contributed by atoms with Crippen LogP contribution in [-0.2, 0) is 19.1 Å². The Morgan fingerprint density at radius 1 is 1.28 bits per heavy atom. The highest BCUT2D eigenvalue weighted by molar-refractivity contribution is 7.59. The SMILES string of the molecule is CC(=O)[C@@H](O)CC(=O)O.CC1(C)NC[C@](C(N)=O)(C(F)(F)F)O1.S.S. The fourth-order valence-corrected chi connectivity index (χ4v) is 1.59. The summed E-state index contributed by atoms with van der Waals surface area (Å²) in [6.45, 7) is 3.28. The number of alkyl halides is 3. The first-order valence-electron chi connectivity index (χ1n) is 6.37. The van der Waals surface area contributed by atoms with Gasteiger partial charge in [-0.25, -0.2) is 0 Å². The summed E-state index contributed by atoms with van der Waals surface area (Å²) >= 11 is 0. The molecule has 0 saturated carbocycles. The Hall–Kier alpha value is -1.02. The fraction of sp³-hybridized carbons (Fsp3) is 0.750. The largest absolute Gasteiger partial charge is 0.481 e. The molecule has 5 N–H and O–H groups in total. The molecule has 8 nitrogen and oxygen atoms in total. The molecule has 1 rings (SSSR count). The summed E-state index contributed by atoms with van der Waals surface area (Å²) in [6.07, 6.45) is -6.66. The van der Waals surface area contributed by atoms with E-state index in [2.05, 4.69) is 10.1 Å². The minimum absolute atomic E-state index is 0. The number of carboxylic acid groups (broad SMARTS) is 1. The first-order valence-corrected chi connectivity index (χ1v) is 6.37. The molecule has 0 radical (unpaired) electrons. The van der Waals surface area contributed by atoms with Crippen LogP contribution in [0.3, 0.4) is 0 Å². The summed E-state index contributed by atoms with van der Waals surface area (Å²) < 4.78 is 42.3.